The van der Waals surface area contributed by atoms with Gasteiger partial charge in [0.2, 0.25) is 5.91 Å². The molecule has 6 heteroatoms. The van der Waals surface area contributed by atoms with Gasteiger partial charge in [-0.15, -0.1) is 0 Å². The molecule has 2 heterocycles. The Morgan fingerprint density at radius 3 is 2.77 bits per heavy atom. The standard InChI is InChI=1S/C24H29N3O3/c1-4-27(5-2)19-8-9-20-17(3)21(24(29)30-22(20)15-19)10-11-23(28)26-14-12-18-7-6-13-25-16-18/h6-11,13,15-17,21H,4-5,12,14H2,1-3H3,(H,26,28). The van der Waals surface area contributed by atoms with Gasteiger partial charge in [-0.1, -0.05) is 25.1 Å². The Kier molecular flexibility index (Phi) is 7.22. The fourth-order valence-electron chi connectivity index (χ4n) is 3.72. The molecule has 1 aromatic heterocycles. The molecule has 0 spiro atoms. The minimum Gasteiger partial charge on any atom is -0.426 e. The number of ether oxygens (including phenoxy) is 1. The Balaban J connectivity index is 1.62. The van der Waals surface area contributed by atoms with Crippen LogP contribution in [0.2, 0.25) is 0 Å². The number of carbonyl (C=O) groups excluding carboxylic acids is 2. The maximum absolute atomic E-state index is 12.6. The van der Waals surface area contributed by atoms with Gasteiger partial charge in [-0.05, 0) is 49.6 Å². The van der Waals surface area contributed by atoms with Gasteiger partial charge in [0, 0.05) is 49.7 Å². The number of esters is 1. The number of aromatic nitrogens is 1. The molecular weight excluding hydrogens is 378 g/mol. The average Bonchev–Trinajstić information content (AvgIpc) is 2.75. The molecule has 6 nitrogen and oxygen atoms in total. The predicted molar refractivity (Wildman–Crippen MR) is 118 cm³/mol. The maximum atomic E-state index is 12.6. The van der Waals surface area contributed by atoms with Crippen molar-refractivity contribution in [2.24, 2.45) is 5.92 Å². The van der Waals surface area contributed by atoms with Crippen molar-refractivity contribution in [2.75, 3.05) is 24.5 Å². The number of benzene rings is 1. The molecule has 0 saturated heterocycles. The molecule has 1 aliphatic heterocycles. The molecule has 30 heavy (non-hydrogen) atoms. The molecule has 0 aliphatic carbocycles. The van der Waals surface area contributed by atoms with Crippen LogP contribution in [0.15, 0.2) is 54.9 Å². The van der Waals surface area contributed by atoms with Crippen molar-refractivity contribution >= 4 is 17.6 Å². The zero-order chi connectivity index (χ0) is 21.5. The van der Waals surface area contributed by atoms with E-state index in [-0.39, 0.29) is 17.8 Å². The van der Waals surface area contributed by atoms with Crippen LogP contribution in [0.25, 0.3) is 0 Å². The zero-order valence-corrected chi connectivity index (χ0v) is 17.8. The number of anilines is 1. The Bertz CT molecular complexity index is 907. The third-order valence-corrected chi connectivity index (χ3v) is 5.53. The number of pyridine rings is 1. The summed E-state index contributed by atoms with van der Waals surface area (Å²) < 4.78 is 5.61. The van der Waals surface area contributed by atoms with E-state index in [9.17, 15) is 9.59 Å². The van der Waals surface area contributed by atoms with Gasteiger partial charge < -0.3 is 15.0 Å². The number of amides is 1. The number of carbonyl (C=O) groups is 2. The lowest BCUT2D eigenvalue weighted by atomic mass is 9.84. The second-order valence-electron chi connectivity index (χ2n) is 7.39. The highest BCUT2D eigenvalue weighted by Gasteiger charge is 2.33. The summed E-state index contributed by atoms with van der Waals surface area (Å²) in [5.74, 6) is -0.484. The molecule has 0 bridgehead atoms. The number of fused-ring (bicyclic) bond motifs is 1. The fourth-order valence-corrected chi connectivity index (χ4v) is 3.72. The summed E-state index contributed by atoms with van der Waals surface area (Å²) in [4.78, 5) is 31.0. The summed E-state index contributed by atoms with van der Waals surface area (Å²) in [5, 5.41) is 2.84. The average molecular weight is 408 g/mol. The van der Waals surface area contributed by atoms with E-state index in [1.54, 1.807) is 18.5 Å². The van der Waals surface area contributed by atoms with Crippen LogP contribution in [0.1, 0.15) is 37.8 Å². The maximum Gasteiger partial charge on any atom is 0.318 e. The van der Waals surface area contributed by atoms with Crippen LogP contribution >= 0.6 is 0 Å². The fraction of sp³-hybridized carbons (Fsp3) is 0.375. The summed E-state index contributed by atoms with van der Waals surface area (Å²) in [6.07, 6.45) is 7.29. The highest BCUT2D eigenvalue weighted by Crippen LogP contribution is 2.40. The molecule has 1 amide bonds. The summed E-state index contributed by atoms with van der Waals surface area (Å²) >= 11 is 0. The van der Waals surface area contributed by atoms with Crippen molar-refractivity contribution < 1.29 is 14.3 Å². The molecule has 3 rings (SSSR count). The highest BCUT2D eigenvalue weighted by atomic mass is 16.5. The lowest BCUT2D eigenvalue weighted by molar-refractivity contribution is -0.139. The van der Waals surface area contributed by atoms with Crippen LogP contribution in [0.3, 0.4) is 0 Å². The van der Waals surface area contributed by atoms with E-state index in [0.29, 0.717) is 18.7 Å². The van der Waals surface area contributed by atoms with Gasteiger partial charge in [-0.3, -0.25) is 14.6 Å². The molecule has 1 aromatic carbocycles. The third-order valence-electron chi connectivity index (χ3n) is 5.53. The van der Waals surface area contributed by atoms with Crippen LogP contribution in [0, 0.1) is 5.92 Å². The number of hydrogen-bond acceptors (Lipinski definition) is 5. The first-order valence-corrected chi connectivity index (χ1v) is 10.5. The summed E-state index contributed by atoms with van der Waals surface area (Å²) in [6, 6.07) is 9.86. The van der Waals surface area contributed by atoms with Crippen molar-refractivity contribution in [3.63, 3.8) is 0 Å². The molecular formula is C24H29N3O3. The van der Waals surface area contributed by atoms with E-state index in [4.69, 9.17) is 4.74 Å². The van der Waals surface area contributed by atoms with E-state index >= 15 is 0 Å². The first-order chi connectivity index (χ1) is 14.5. The molecule has 0 fully saturated rings. The lowest BCUT2D eigenvalue weighted by Crippen LogP contribution is -2.30. The molecule has 2 unspecified atom stereocenters. The first kappa shape index (κ1) is 21.6. The van der Waals surface area contributed by atoms with E-state index < -0.39 is 5.92 Å². The number of hydrogen-bond donors (Lipinski definition) is 1. The van der Waals surface area contributed by atoms with E-state index in [2.05, 4.69) is 35.1 Å². The SMILES string of the molecule is CCN(CC)c1ccc2c(c1)OC(=O)C(C=CC(=O)NCCc1cccnc1)C2C. The quantitative estimate of drug-likeness (QED) is 0.412. The zero-order valence-electron chi connectivity index (χ0n) is 17.8. The van der Waals surface area contributed by atoms with Gasteiger partial charge in [-0.2, -0.15) is 0 Å². The summed E-state index contributed by atoms with van der Waals surface area (Å²) in [5.41, 5.74) is 3.09. The Morgan fingerprint density at radius 1 is 1.27 bits per heavy atom. The van der Waals surface area contributed by atoms with E-state index in [1.807, 2.05) is 31.2 Å². The minimum atomic E-state index is -0.485. The molecule has 158 valence electrons. The number of nitrogens with zero attached hydrogens (tertiary/aromatic N) is 2. The third kappa shape index (κ3) is 5.06. The minimum absolute atomic E-state index is 0.0635. The van der Waals surface area contributed by atoms with Crippen LogP contribution < -0.4 is 15.0 Å². The smallest absolute Gasteiger partial charge is 0.318 e. The van der Waals surface area contributed by atoms with Gasteiger partial charge in [0.15, 0.2) is 0 Å². The van der Waals surface area contributed by atoms with Crippen LogP contribution in [-0.2, 0) is 16.0 Å². The molecule has 1 aliphatic rings. The molecule has 2 aromatic rings. The highest BCUT2D eigenvalue weighted by molar-refractivity contribution is 5.89. The van der Waals surface area contributed by atoms with Gasteiger partial charge in [-0.25, -0.2) is 0 Å². The van der Waals surface area contributed by atoms with Crippen molar-refractivity contribution in [1.82, 2.24) is 10.3 Å². The Morgan fingerprint density at radius 2 is 2.07 bits per heavy atom. The van der Waals surface area contributed by atoms with E-state index in [1.165, 1.54) is 6.08 Å². The largest absolute Gasteiger partial charge is 0.426 e. The van der Waals surface area contributed by atoms with Crippen LogP contribution in [0.5, 0.6) is 5.75 Å². The van der Waals surface area contributed by atoms with Crippen LogP contribution in [-0.4, -0.2) is 36.5 Å². The van der Waals surface area contributed by atoms with Gasteiger partial charge in [0.05, 0.1) is 5.92 Å². The van der Waals surface area contributed by atoms with E-state index in [0.717, 1.165) is 29.9 Å². The van der Waals surface area contributed by atoms with Gasteiger partial charge in [0.25, 0.3) is 0 Å². The Labute approximate surface area is 178 Å². The number of rotatable bonds is 8. The molecule has 0 radical (unpaired) electrons. The lowest BCUT2D eigenvalue weighted by Gasteiger charge is -2.29. The van der Waals surface area contributed by atoms with Crippen molar-refractivity contribution in [2.45, 2.75) is 33.1 Å². The first-order valence-electron chi connectivity index (χ1n) is 10.5. The van der Waals surface area contributed by atoms with Crippen molar-refractivity contribution in [3.8, 4) is 5.75 Å². The number of nitrogens with one attached hydrogen (secondary N) is 1. The Hall–Kier alpha value is -3.15. The summed E-state index contributed by atoms with van der Waals surface area (Å²) in [7, 11) is 0. The van der Waals surface area contributed by atoms with Crippen molar-refractivity contribution in [1.29, 1.82) is 0 Å². The topological polar surface area (TPSA) is 71.5 Å². The van der Waals surface area contributed by atoms with Crippen molar-refractivity contribution in [3.05, 3.63) is 66.0 Å². The second kappa shape index (κ2) is 10.1. The monoisotopic (exact) mass is 407 g/mol. The normalized spacial score (nSPS) is 18.0. The predicted octanol–water partition coefficient (Wildman–Crippen LogP) is 3.48. The second-order valence-corrected chi connectivity index (χ2v) is 7.39. The molecule has 0 saturated carbocycles. The van der Waals surface area contributed by atoms with Crippen LogP contribution in [0.4, 0.5) is 5.69 Å². The van der Waals surface area contributed by atoms with Gasteiger partial charge >= 0.3 is 5.97 Å². The summed E-state index contributed by atoms with van der Waals surface area (Å²) in [6.45, 7) is 8.47. The molecule has 2 atom stereocenters. The molecule has 1 N–H and O–H groups in total. The van der Waals surface area contributed by atoms with Gasteiger partial charge in [0.1, 0.15) is 5.75 Å².